The zero-order valence-electron chi connectivity index (χ0n) is 14.0. The third-order valence-corrected chi connectivity index (χ3v) is 5.59. The molecule has 0 radical (unpaired) electrons. The Morgan fingerprint density at radius 3 is 2.70 bits per heavy atom. The Kier molecular flexibility index (Phi) is 5.00. The van der Waals surface area contributed by atoms with Crippen LogP contribution in [0.3, 0.4) is 0 Å². The molecule has 2 aliphatic heterocycles. The van der Waals surface area contributed by atoms with Crippen molar-refractivity contribution < 1.29 is 13.9 Å². The maximum Gasteiger partial charge on any atom is 0.310 e. The molecular formula is C19H26FNO2. The third kappa shape index (κ3) is 3.14. The summed E-state index contributed by atoms with van der Waals surface area (Å²) in [7, 11) is 1.47. The number of esters is 1. The SMILES string of the molecule is COC(=O)[C@@H]1C2CCC(C[C@@H]1c1ccc(C)cc1)N2CCCF. The summed E-state index contributed by atoms with van der Waals surface area (Å²) < 4.78 is 17.7. The molecule has 0 spiro atoms. The van der Waals surface area contributed by atoms with Gasteiger partial charge < -0.3 is 4.74 Å². The van der Waals surface area contributed by atoms with Crippen molar-refractivity contribution in [1.29, 1.82) is 0 Å². The number of fused-ring (bicyclic) bond motifs is 2. The second-order valence-corrected chi connectivity index (χ2v) is 6.88. The molecule has 3 nitrogen and oxygen atoms in total. The van der Waals surface area contributed by atoms with Gasteiger partial charge in [0.2, 0.25) is 0 Å². The number of hydrogen-bond acceptors (Lipinski definition) is 3. The third-order valence-electron chi connectivity index (χ3n) is 5.59. The summed E-state index contributed by atoms with van der Waals surface area (Å²) >= 11 is 0. The zero-order valence-corrected chi connectivity index (χ0v) is 14.0. The minimum Gasteiger partial charge on any atom is -0.469 e. The molecule has 2 saturated heterocycles. The van der Waals surface area contributed by atoms with E-state index in [2.05, 4.69) is 36.1 Å². The predicted molar refractivity (Wildman–Crippen MR) is 88.2 cm³/mol. The molecule has 0 aromatic heterocycles. The number of aryl methyl sites for hydroxylation is 1. The number of benzene rings is 1. The highest BCUT2D eigenvalue weighted by Gasteiger charge is 2.50. The quantitative estimate of drug-likeness (QED) is 0.778. The van der Waals surface area contributed by atoms with Gasteiger partial charge in [-0.2, -0.15) is 0 Å². The van der Waals surface area contributed by atoms with Gasteiger partial charge in [0.25, 0.3) is 0 Å². The monoisotopic (exact) mass is 319 g/mol. The van der Waals surface area contributed by atoms with E-state index >= 15 is 0 Å². The molecule has 2 fully saturated rings. The number of rotatable bonds is 5. The van der Waals surface area contributed by atoms with E-state index in [4.69, 9.17) is 4.74 Å². The van der Waals surface area contributed by atoms with Crippen LogP contribution in [0.4, 0.5) is 4.39 Å². The van der Waals surface area contributed by atoms with Crippen LogP contribution < -0.4 is 0 Å². The molecule has 4 atom stereocenters. The fourth-order valence-corrected chi connectivity index (χ4v) is 4.52. The summed E-state index contributed by atoms with van der Waals surface area (Å²) in [6.07, 6.45) is 3.63. The van der Waals surface area contributed by atoms with E-state index in [0.717, 1.165) is 25.8 Å². The molecule has 1 aromatic rings. The Balaban J connectivity index is 1.88. The lowest BCUT2D eigenvalue weighted by molar-refractivity contribution is -0.150. The summed E-state index contributed by atoms with van der Waals surface area (Å²) in [5, 5.41) is 0. The minimum absolute atomic E-state index is 0.119. The molecule has 3 rings (SSSR count). The lowest BCUT2D eigenvalue weighted by atomic mass is 9.76. The van der Waals surface area contributed by atoms with E-state index in [0.29, 0.717) is 12.5 Å². The molecule has 2 aliphatic rings. The van der Waals surface area contributed by atoms with Crippen LogP contribution in [0.5, 0.6) is 0 Å². The smallest absolute Gasteiger partial charge is 0.310 e. The van der Waals surface area contributed by atoms with Crippen LogP contribution in [-0.2, 0) is 9.53 Å². The number of carbonyl (C=O) groups is 1. The Morgan fingerprint density at radius 1 is 1.30 bits per heavy atom. The summed E-state index contributed by atoms with van der Waals surface area (Å²) in [6.45, 7) is 2.53. The van der Waals surface area contributed by atoms with E-state index in [9.17, 15) is 9.18 Å². The molecule has 0 aliphatic carbocycles. The van der Waals surface area contributed by atoms with Crippen molar-refractivity contribution in [3.63, 3.8) is 0 Å². The zero-order chi connectivity index (χ0) is 16.4. The van der Waals surface area contributed by atoms with Gasteiger partial charge in [-0.05, 0) is 38.2 Å². The first kappa shape index (κ1) is 16.4. The van der Waals surface area contributed by atoms with Crippen molar-refractivity contribution in [3.05, 3.63) is 35.4 Å². The molecule has 2 bridgehead atoms. The highest BCUT2D eigenvalue weighted by molar-refractivity contribution is 5.75. The largest absolute Gasteiger partial charge is 0.469 e. The first-order valence-corrected chi connectivity index (χ1v) is 8.61. The molecule has 0 amide bonds. The van der Waals surface area contributed by atoms with Crippen LogP contribution in [0.1, 0.15) is 42.7 Å². The number of carbonyl (C=O) groups excluding carboxylic acids is 1. The summed E-state index contributed by atoms with van der Waals surface area (Å²) in [4.78, 5) is 14.9. The van der Waals surface area contributed by atoms with Crippen molar-refractivity contribution in [2.75, 3.05) is 20.3 Å². The lowest BCUT2D eigenvalue weighted by Gasteiger charge is -2.43. The lowest BCUT2D eigenvalue weighted by Crippen LogP contribution is -2.51. The predicted octanol–water partition coefficient (Wildman–Crippen LogP) is 3.46. The second kappa shape index (κ2) is 7.00. The number of hydrogen-bond donors (Lipinski definition) is 0. The van der Waals surface area contributed by atoms with E-state index in [-0.39, 0.29) is 30.5 Å². The standard InChI is InChI=1S/C19H26FNO2/c1-13-4-6-14(7-5-13)16-12-15-8-9-17(18(16)19(22)23-2)21(15)11-3-10-20/h4-7,15-18H,3,8-12H2,1-2H3/t15?,16-,17?,18+/m1/s1. The molecule has 4 heteroatoms. The van der Waals surface area contributed by atoms with Crippen LogP contribution >= 0.6 is 0 Å². The summed E-state index contributed by atoms with van der Waals surface area (Å²) in [6, 6.07) is 9.18. The van der Waals surface area contributed by atoms with Crippen LogP contribution in [0.2, 0.25) is 0 Å². The fraction of sp³-hybridized carbons (Fsp3) is 0.632. The Morgan fingerprint density at radius 2 is 2.04 bits per heavy atom. The van der Waals surface area contributed by atoms with Crippen molar-refractivity contribution in [2.24, 2.45) is 5.92 Å². The van der Waals surface area contributed by atoms with E-state index in [1.54, 1.807) is 0 Å². The Bertz CT molecular complexity index is 545. The minimum atomic E-state index is -0.291. The Hall–Kier alpha value is -1.42. The molecule has 0 N–H and O–H groups in total. The molecule has 2 heterocycles. The van der Waals surface area contributed by atoms with Crippen LogP contribution in [0.25, 0.3) is 0 Å². The highest BCUT2D eigenvalue weighted by Crippen LogP contribution is 2.47. The number of piperidine rings is 1. The highest BCUT2D eigenvalue weighted by atomic mass is 19.1. The van der Waals surface area contributed by atoms with Crippen molar-refractivity contribution in [1.82, 2.24) is 4.90 Å². The van der Waals surface area contributed by atoms with Crippen molar-refractivity contribution in [3.8, 4) is 0 Å². The number of alkyl halides is 1. The van der Waals surface area contributed by atoms with E-state index in [1.807, 2.05) is 0 Å². The summed E-state index contributed by atoms with van der Waals surface area (Å²) in [5.74, 6) is -0.0468. The molecule has 23 heavy (non-hydrogen) atoms. The van der Waals surface area contributed by atoms with Crippen LogP contribution in [0, 0.1) is 12.8 Å². The van der Waals surface area contributed by atoms with Crippen molar-refractivity contribution >= 4 is 5.97 Å². The average Bonchev–Trinajstić information content (AvgIpc) is 2.84. The molecule has 2 unspecified atom stereocenters. The van der Waals surface area contributed by atoms with Crippen molar-refractivity contribution in [2.45, 2.75) is 50.6 Å². The second-order valence-electron chi connectivity index (χ2n) is 6.88. The van der Waals surface area contributed by atoms with Gasteiger partial charge in [-0.1, -0.05) is 29.8 Å². The van der Waals surface area contributed by atoms with Gasteiger partial charge in [-0.25, -0.2) is 0 Å². The molecular weight excluding hydrogens is 293 g/mol. The maximum atomic E-state index is 12.6. The van der Waals surface area contributed by atoms with Gasteiger partial charge in [-0.15, -0.1) is 0 Å². The van der Waals surface area contributed by atoms with Gasteiger partial charge in [-0.3, -0.25) is 14.1 Å². The van der Waals surface area contributed by atoms with Crippen LogP contribution in [-0.4, -0.2) is 43.3 Å². The van der Waals surface area contributed by atoms with Gasteiger partial charge in [0.05, 0.1) is 19.7 Å². The van der Waals surface area contributed by atoms with E-state index in [1.165, 1.54) is 18.2 Å². The average molecular weight is 319 g/mol. The molecule has 126 valence electrons. The first-order chi connectivity index (χ1) is 11.2. The summed E-state index contributed by atoms with van der Waals surface area (Å²) in [5.41, 5.74) is 2.46. The Labute approximate surface area is 137 Å². The van der Waals surface area contributed by atoms with E-state index < -0.39 is 0 Å². The molecule has 0 saturated carbocycles. The van der Waals surface area contributed by atoms with Gasteiger partial charge in [0, 0.05) is 24.5 Å². The van der Waals surface area contributed by atoms with Gasteiger partial charge >= 0.3 is 5.97 Å². The normalized spacial score (nSPS) is 30.4. The topological polar surface area (TPSA) is 29.5 Å². The molecule has 1 aromatic carbocycles. The number of methoxy groups -OCH3 is 1. The first-order valence-electron chi connectivity index (χ1n) is 8.61. The maximum absolute atomic E-state index is 12.6. The van der Waals surface area contributed by atoms with Crippen LogP contribution in [0.15, 0.2) is 24.3 Å². The van der Waals surface area contributed by atoms with Gasteiger partial charge in [0.15, 0.2) is 0 Å². The number of nitrogens with zero attached hydrogens (tertiary/aromatic N) is 1. The number of halogens is 1. The van der Waals surface area contributed by atoms with Gasteiger partial charge in [0.1, 0.15) is 0 Å². The number of ether oxygens (including phenoxy) is 1. The fourth-order valence-electron chi connectivity index (χ4n) is 4.52.